The molecule has 128 valence electrons. The van der Waals surface area contributed by atoms with Crippen LogP contribution in [0, 0.1) is 0 Å². The molecule has 2 aromatic heterocycles. The molecule has 4 aromatic rings. The predicted molar refractivity (Wildman–Crippen MR) is 99.5 cm³/mol. The van der Waals surface area contributed by atoms with Crippen LogP contribution in [-0.2, 0) is 6.54 Å². The zero-order valence-electron chi connectivity index (χ0n) is 13.8. The molecule has 0 atom stereocenters. The van der Waals surface area contributed by atoms with E-state index in [1.54, 1.807) is 12.4 Å². The normalized spacial score (nSPS) is 10.6. The number of aromatic nitrogens is 2. The molecule has 0 unspecified atom stereocenters. The van der Waals surface area contributed by atoms with Crippen molar-refractivity contribution in [3.8, 4) is 11.3 Å². The summed E-state index contributed by atoms with van der Waals surface area (Å²) in [6, 6.07) is 18.8. The average Bonchev–Trinajstić information content (AvgIpc) is 3.17. The second kappa shape index (κ2) is 7.06. The van der Waals surface area contributed by atoms with Gasteiger partial charge in [0.2, 0.25) is 0 Å². The lowest BCUT2D eigenvalue weighted by Gasteiger charge is -2.09. The maximum absolute atomic E-state index is 12.2. The van der Waals surface area contributed by atoms with E-state index in [0.717, 1.165) is 22.0 Å². The van der Waals surface area contributed by atoms with Crippen molar-refractivity contribution in [2.75, 3.05) is 5.32 Å². The third-order valence-corrected chi connectivity index (χ3v) is 3.98. The van der Waals surface area contributed by atoms with E-state index in [9.17, 15) is 4.79 Å². The highest BCUT2D eigenvalue weighted by Crippen LogP contribution is 2.22. The molecular formula is C20H16N4O2. The van der Waals surface area contributed by atoms with Crippen LogP contribution in [0.5, 0.6) is 0 Å². The Bertz CT molecular complexity index is 1040. The van der Waals surface area contributed by atoms with Crippen LogP contribution in [0.3, 0.4) is 0 Å². The van der Waals surface area contributed by atoms with Crippen LogP contribution in [0.1, 0.15) is 5.69 Å². The van der Waals surface area contributed by atoms with Gasteiger partial charge in [0, 0.05) is 34.8 Å². The van der Waals surface area contributed by atoms with Crippen LogP contribution in [0.25, 0.3) is 22.1 Å². The van der Waals surface area contributed by atoms with Gasteiger partial charge >= 0.3 is 6.03 Å². The summed E-state index contributed by atoms with van der Waals surface area (Å²) in [5.41, 5.74) is 2.33. The number of carbonyl (C=O) groups excluding carboxylic acids is 1. The van der Waals surface area contributed by atoms with E-state index in [4.69, 9.17) is 4.52 Å². The van der Waals surface area contributed by atoms with Gasteiger partial charge < -0.3 is 15.2 Å². The van der Waals surface area contributed by atoms with Gasteiger partial charge in [-0.25, -0.2) is 4.79 Å². The third-order valence-electron chi connectivity index (χ3n) is 3.98. The van der Waals surface area contributed by atoms with Crippen molar-refractivity contribution < 1.29 is 9.32 Å². The quantitative estimate of drug-likeness (QED) is 0.581. The Morgan fingerprint density at radius 3 is 2.81 bits per heavy atom. The predicted octanol–water partition coefficient (Wildman–Crippen LogP) is 4.21. The SMILES string of the molecule is O=C(NCc1cc(-c2ccccc2)on1)Nc1cccc2cnccc12. The Labute approximate surface area is 149 Å². The van der Waals surface area contributed by atoms with Crippen molar-refractivity contribution in [3.05, 3.63) is 78.8 Å². The van der Waals surface area contributed by atoms with Gasteiger partial charge in [0.25, 0.3) is 0 Å². The fourth-order valence-electron chi connectivity index (χ4n) is 2.70. The molecule has 0 spiro atoms. The van der Waals surface area contributed by atoms with E-state index < -0.39 is 0 Å². The molecule has 0 saturated carbocycles. The Hall–Kier alpha value is -3.67. The van der Waals surface area contributed by atoms with E-state index in [0.29, 0.717) is 11.5 Å². The summed E-state index contributed by atoms with van der Waals surface area (Å²) < 4.78 is 5.33. The first-order valence-corrected chi connectivity index (χ1v) is 8.18. The summed E-state index contributed by atoms with van der Waals surface area (Å²) in [5.74, 6) is 0.671. The minimum absolute atomic E-state index is 0.272. The summed E-state index contributed by atoms with van der Waals surface area (Å²) in [5, 5.41) is 11.5. The molecule has 0 radical (unpaired) electrons. The smallest absolute Gasteiger partial charge is 0.319 e. The number of rotatable bonds is 4. The van der Waals surface area contributed by atoms with Gasteiger partial charge in [-0.15, -0.1) is 0 Å². The molecular weight excluding hydrogens is 328 g/mol. The van der Waals surface area contributed by atoms with Gasteiger partial charge in [-0.05, 0) is 12.1 Å². The lowest BCUT2D eigenvalue weighted by molar-refractivity contribution is 0.251. The van der Waals surface area contributed by atoms with Crippen molar-refractivity contribution in [1.82, 2.24) is 15.5 Å². The molecule has 2 N–H and O–H groups in total. The number of fused-ring (bicyclic) bond motifs is 1. The number of hydrogen-bond acceptors (Lipinski definition) is 4. The van der Waals surface area contributed by atoms with Gasteiger partial charge in [-0.2, -0.15) is 0 Å². The van der Waals surface area contributed by atoms with Crippen LogP contribution in [0.4, 0.5) is 10.5 Å². The summed E-state index contributed by atoms with van der Waals surface area (Å²) >= 11 is 0. The van der Waals surface area contributed by atoms with Gasteiger partial charge in [0.15, 0.2) is 5.76 Å². The van der Waals surface area contributed by atoms with E-state index >= 15 is 0 Å². The number of pyridine rings is 1. The molecule has 2 amide bonds. The summed E-state index contributed by atoms with van der Waals surface area (Å²) in [7, 11) is 0. The number of carbonyl (C=O) groups is 1. The number of anilines is 1. The average molecular weight is 344 g/mol. The van der Waals surface area contributed by atoms with Gasteiger partial charge in [0.1, 0.15) is 5.69 Å². The first-order chi connectivity index (χ1) is 12.8. The molecule has 2 aromatic carbocycles. The second-order valence-corrected chi connectivity index (χ2v) is 5.76. The van der Waals surface area contributed by atoms with E-state index in [2.05, 4.69) is 20.8 Å². The maximum atomic E-state index is 12.2. The molecule has 0 bridgehead atoms. The van der Waals surface area contributed by atoms with Gasteiger partial charge in [0.05, 0.1) is 12.2 Å². The second-order valence-electron chi connectivity index (χ2n) is 5.76. The van der Waals surface area contributed by atoms with Crippen LogP contribution in [0.2, 0.25) is 0 Å². The summed E-state index contributed by atoms with van der Waals surface area (Å²) in [6.07, 6.45) is 3.46. The van der Waals surface area contributed by atoms with Crippen molar-refractivity contribution in [2.45, 2.75) is 6.54 Å². The number of amides is 2. The van der Waals surface area contributed by atoms with E-state index in [1.807, 2.05) is 60.7 Å². The molecule has 6 heteroatoms. The van der Waals surface area contributed by atoms with Crippen molar-refractivity contribution in [1.29, 1.82) is 0 Å². The highest BCUT2D eigenvalue weighted by molar-refractivity contribution is 6.01. The lowest BCUT2D eigenvalue weighted by Crippen LogP contribution is -2.28. The molecule has 0 aliphatic carbocycles. The first-order valence-electron chi connectivity index (χ1n) is 8.18. The van der Waals surface area contributed by atoms with Gasteiger partial charge in [-0.1, -0.05) is 47.6 Å². The van der Waals surface area contributed by atoms with E-state index in [-0.39, 0.29) is 12.6 Å². The Morgan fingerprint density at radius 2 is 1.92 bits per heavy atom. The lowest BCUT2D eigenvalue weighted by atomic mass is 10.1. The number of nitrogens with one attached hydrogen (secondary N) is 2. The molecule has 0 fully saturated rings. The molecule has 6 nitrogen and oxygen atoms in total. The fourth-order valence-corrected chi connectivity index (χ4v) is 2.70. The molecule has 0 saturated heterocycles. The third kappa shape index (κ3) is 3.39. The summed E-state index contributed by atoms with van der Waals surface area (Å²) in [4.78, 5) is 16.3. The Morgan fingerprint density at radius 1 is 1.04 bits per heavy atom. The highest BCUT2D eigenvalue weighted by Gasteiger charge is 2.09. The van der Waals surface area contributed by atoms with Crippen molar-refractivity contribution in [3.63, 3.8) is 0 Å². The van der Waals surface area contributed by atoms with Gasteiger partial charge in [-0.3, -0.25) is 4.98 Å². The first kappa shape index (κ1) is 15.8. The molecule has 2 heterocycles. The molecule has 4 rings (SSSR count). The maximum Gasteiger partial charge on any atom is 0.319 e. The largest absolute Gasteiger partial charge is 0.356 e. The molecule has 0 aliphatic rings. The zero-order valence-corrected chi connectivity index (χ0v) is 13.8. The minimum Gasteiger partial charge on any atom is -0.356 e. The van der Waals surface area contributed by atoms with Crippen molar-refractivity contribution >= 4 is 22.5 Å². The topological polar surface area (TPSA) is 80.0 Å². The fraction of sp³-hybridized carbons (Fsp3) is 0.0500. The van der Waals surface area contributed by atoms with Crippen LogP contribution < -0.4 is 10.6 Å². The van der Waals surface area contributed by atoms with E-state index in [1.165, 1.54) is 0 Å². The molecule has 26 heavy (non-hydrogen) atoms. The number of urea groups is 1. The van der Waals surface area contributed by atoms with Crippen LogP contribution >= 0.6 is 0 Å². The minimum atomic E-state index is -0.307. The summed E-state index contributed by atoms with van der Waals surface area (Å²) in [6.45, 7) is 0.272. The number of benzene rings is 2. The highest BCUT2D eigenvalue weighted by atomic mass is 16.5. The number of nitrogens with zero attached hydrogens (tertiary/aromatic N) is 2. The standard InChI is InChI=1S/C20H16N4O2/c25-20(23-18-8-4-7-15-12-21-10-9-17(15)18)22-13-16-11-19(26-24-16)14-5-2-1-3-6-14/h1-12H,13H2,(H2,22,23,25). The Kier molecular flexibility index (Phi) is 4.30. The zero-order chi connectivity index (χ0) is 17.8. The Balaban J connectivity index is 1.41. The number of hydrogen-bond donors (Lipinski definition) is 2. The monoisotopic (exact) mass is 344 g/mol. The van der Waals surface area contributed by atoms with Crippen LogP contribution in [-0.4, -0.2) is 16.2 Å². The molecule has 0 aliphatic heterocycles. The van der Waals surface area contributed by atoms with Crippen molar-refractivity contribution in [2.24, 2.45) is 0 Å². The van der Waals surface area contributed by atoms with Crippen LogP contribution in [0.15, 0.2) is 77.6 Å².